The molecule has 130 valence electrons. The number of rotatable bonds is 2. The van der Waals surface area contributed by atoms with Crippen LogP contribution in [0.3, 0.4) is 0 Å². The van der Waals surface area contributed by atoms with Crippen molar-refractivity contribution in [2.75, 3.05) is 36.4 Å². The van der Waals surface area contributed by atoms with Crippen LogP contribution in [0, 0.1) is 5.92 Å². The third-order valence-corrected chi connectivity index (χ3v) is 6.37. The van der Waals surface area contributed by atoms with Gasteiger partial charge in [-0.3, -0.25) is 0 Å². The molecule has 2 N–H and O–H groups in total. The Kier molecular flexibility index (Phi) is 3.85. The lowest BCUT2D eigenvalue weighted by molar-refractivity contribution is 0.470. The quantitative estimate of drug-likeness (QED) is 0.790. The van der Waals surface area contributed by atoms with Gasteiger partial charge in [-0.2, -0.15) is 0 Å². The molecule has 2 aromatic carbocycles. The number of anilines is 3. The van der Waals surface area contributed by atoms with E-state index in [1.165, 1.54) is 36.3 Å². The van der Waals surface area contributed by atoms with Crippen LogP contribution in [0.25, 0.3) is 0 Å². The van der Waals surface area contributed by atoms with Crippen molar-refractivity contribution >= 4 is 40.3 Å². The van der Waals surface area contributed by atoms with Crippen molar-refractivity contribution in [3.05, 3.63) is 51.5 Å². The number of hydrogen-bond donors (Lipinski definition) is 2. The zero-order valence-electron chi connectivity index (χ0n) is 14.0. The van der Waals surface area contributed by atoms with Crippen LogP contribution in [-0.4, -0.2) is 26.2 Å². The highest BCUT2D eigenvalue weighted by molar-refractivity contribution is 6.35. The summed E-state index contributed by atoms with van der Waals surface area (Å²) in [6.45, 7) is 4.61. The molecule has 0 aromatic heterocycles. The van der Waals surface area contributed by atoms with Crippen molar-refractivity contribution in [1.82, 2.24) is 5.32 Å². The monoisotopic (exact) mass is 373 g/mol. The van der Waals surface area contributed by atoms with Gasteiger partial charge in [0, 0.05) is 48.5 Å². The minimum absolute atomic E-state index is 0.625. The molecule has 5 heteroatoms. The van der Waals surface area contributed by atoms with Gasteiger partial charge in [0.2, 0.25) is 0 Å². The van der Waals surface area contributed by atoms with Crippen LogP contribution in [-0.2, 0) is 6.42 Å². The van der Waals surface area contributed by atoms with Gasteiger partial charge in [0.15, 0.2) is 0 Å². The van der Waals surface area contributed by atoms with Crippen molar-refractivity contribution in [2.45, 2.75) is 18.8 Å². The molecule has 2 aromatic rings. The fraction of sp³-hybridized carbons (Fsp3) is 0.400. The lowest BCUT2D eigenvalue weighted by atomic mass is 9.80. The summed E-state index contributed by atoms with van der Waals surface area (Å²) in [5, 5.41) is 8.48. The molecule has 3 nitrogen and oxygen atoms in total. The molecule has 1 fully saturated rings. The zero-order chi connectivity index (χ0) is 17.0. The summed E-state index contributed by atoms with van der Waals surface area (Å²) >= 11 is 12.5. The Morgan fingerprint density at radius 2 is 2.04 bits per heavy atom. The molecule has 3 aliphatic heterocycles. The summed E-state index contributed by atoms with van der Waals surface area (Å²) in [4.78, 5) is 2.61. The molecular weight excluding hydrogens is 353 g/mol. The van der Waals surface area contributed by atoms with Crippen LogP contribution in [0.15, 0.2) is 30.3 Å². The number of nitrogens with one attached hydrogen (secondary N) is 2. The topological polar surface area (TPSA) is 27.3 Å². The van der Waals surface area contributed by atoms with Crippen LogP contribution in [0.4, 0.5) is 17.1 Å². The van der Waals surface area contributed by atoms with E-state index in [1.54, 1.807) is 0 Å². The second-order valence-corrected chi connectivity index (χ2v) is 8.24. The van der Waals surface area contributed by atoms with E-state index in [0.29, 0.717) is 16.0 Å². The summed E-state index contributed by atoms with van der Waals surface area (Å²) in [6, 6.07) is 10.2. The van der Waals surface area contributed by atoms with Crippen LogP contribution in [0.1, 0.15) is 23.5 Å². The molecule has 0 bridgehead atoms. The predicted molar refractivity (Wildman–Crippen MR) is 106 cm³/mol. The van der Waals surface area contributed by atoms with Crippen LogP contribution in [0.5, 0.6) is 0 Å². The van der Waals surface area contributed by atoms with Gasteiger partial charge in [0.1, 0.15) is 0 Å². The minimum atomic E-state index is 0.625. The highest BCUT2D eigenvalue weighted by Gasteiger charge is 2.38. The van der Waals surface area contributed by atoms with E-state index in [9.17, 15) is 0 Å². The number of hydrogen-bond acceptors (Lipinski definition) is 3. The molecule has 5 rings (SSSR count). The average Bonchev–Trinajstić information content (AvgIpc) is 3.07. The summed E-state index contributed by atoms with van der Waals surface area (Å²) in [5.74, 6) is 1.35. The lowest BCUT2D eigenvalue weighted by Gasteiger charge is -2.42. The molecule has 25 heavy (non-hydrogen) atoms. The maximum Gasteiger partial charge on any atom is 0.0642 e. The maximum atomic E-state index is 6.35. The van der Waals surface area contributed by atoms with E-state index in [2.05, 4.69) is 27.7 Å². The van der Waals surface area contributed by atoms with Gasteiger partial charge >= 0.3 is 0 Å². The number of benzene rings is 2. The smallest absolute Gasteiger partial charge is 0.0642 e. The first-order chi connectivity index (χ1) is 12.2. The Morgan fingerprint density at radius 3 is 2.96 bits per heavy atom. The molecule has 3 heterocycles. The molecule has 0 spiro atoms. The van der Waals surface area contributed by atoms with Crippen molar-refractivity contribution < 1.29 is 0 Å². The van der Waals surface area contributed by atoms with E-state index < -0.39 is 0 Å². The van der Waals surface area contributed by atoms with Crippen LogP contribution >= 0.6 is 23.2 Å². The van der Waals surface area contributed by atoms with Gasteiger partial charge < -0.3 is 15.5 Å². The van der Waals surface area contributed by atoms with Crippen molar-refractivity contribution in [3.63, 3.8) is 0 Å². The van der Waals surface area contributed by atoms with Crippen molar-refractivity contribution in [2.24, 2.45) is 5.92 Å². The Balaban J connectivity index is 1.58. The molecule has 0 saturated carbocycles. The van der Waals surface area contributed by atoms with Gasteiger partial charge in [0.25, 0.3) is 0 Å². The molecule has 2 atom stereocenters. The standard InChI is InChI=1S/C20H21Cl2N3/c21-14-3-4-18(22)19(7-14)24-15-6-12-2-1-5-25-11-13-9-23-10-17(13)16(8-15)20(12)25/h3-4,6-8,13,17,23-24H,1-2,5,9-11H2/t13-,17-/m0/s1. The number of nitrogens with zero attached hydrogens (tertiary/aromatic N) is 1. The van der Waals surface area contributed by atoms with E-state index in [1.807, 2.05) is 18.2 Å². The number of aryl methyl sites for hydroxylation is 1. The summed E-state index contributed by atoms with van der Waals surface area (Å²) < 4.78 is 0. The molecule has 1 saturated heterocycles. The lowest BCUT2D eigenvalue weighted by Crippen LogP contribution is -2.41. The largest absolute Gasteiger partial charge is 0.371 e. The van der Waals surface area contributed by atoms with Gasteiger partial charge in [-0.15, -0.1) is 0 Å². The van der Waals surface area contributed by atoms with Gasteiger partial charge in [-0.25, -0.2) is 0 Å². The molecule has 0 unspecified atom stereocenters. The highest BCUT2D eigenvalue weighted by atomic mass is 35.5. The first-order valence-corrected chi connectivity index (χ1v) is 9.79. The van der Waals surface area contributed by atoms with E-state index in [-0.39, 0.29) is 0 Å². The van der Waals surface area contributed by atoms with E-state index >= 15 is 0 Å². The fourth-order valence-electron chi connectivity index (χ4n) is 4.73. The van der Waals surface area contributed by atoms with Gasteiger partial charge in [0.05, 0.1) is 10.7 Å². The Hall–Kier alpha value is -1.42. The Bertz CT molecular complexity index is 836. The fourth-order valence-corrected chi connectivity index (χ4v) is 5.06. The maximum absolute atomic E-state index is 6.35. The van der Waals surface area contributed by atoms with Crippen molar-refractivity contribution in [1.29, 1.82) is 0 Å². The Labute approximate surface area is 158 Å². The SMILES string of the molecule is Clc1ccc(Cl)c(Nc2cc3c4c(c2)[C@H]2CNC[C@H]2CN4CCC3)c1. The molecule has 3 aliphatic rings. The van der Waals surface area contributed by atoms with E-state index in [0.717, 1.165) is 36.8 Å². The number of halogens is 2. The second kappa shape index (κ2) is 6.08. The second-order valence-electron chi connectivity index (χ2n) is 7.40. The van der Waals surface area contributed by atoms with Crippen LogP contribution in [0.2, 0.25) is 10.0 Å². The predicted octanol–water partition coefficient (Wildman–Crippen LogP) is 4.81. The van der Waals surface area contributed by atoms with E-state index in [4.69, 9.17) is 23.2 Å². The summed E-state index contributed by atoms with van der Waals surface area (Å²) in [7, 11) is 0. The molecule has 0 radical (unpaired) electrons. The highest BCUT2D eigenvalue weighted by Crippen LogP contribution is 2.46. The van der Waals surface area contributed by atoms with Gasteiger partial charge in [-0.05, 0) is 60.2 Å². The first-order valence-electron chi connectivity index (χ1n) is 9.03. The van der Waals surface area contributed by atoms with Crippen LogP contribution < -0.4 is 15.5 Å². The molecule has 0 amide bonds. The Morgan fingerprint density at radius 1 is 1.12 bits per heavy atom. The molecule has 0 aliphatic carbocycles. The average molecular weight is 374 g/mol. The normalized spacial score (nSPS) is 24.0. The first kappa shape index (κ1) is 15.8. The summed E-state index contributed by atoms with van der Waals surface area (Å²) in [6.07, 6.45) is 2.39. The molecular formula is C20H21Cl2N3. The number of fused-ring (bicyclic) bond motifs is 2. The summed E-state index contributed by atoms with van der Waals surface area (Å²) in [5.41, 5.74) is 6.45. The third-order valence-electron chi connectivity index (χ3n) is 5.81. The van der Waals surface area contributed by atoms with Crippen molar-refractivity contribution in [3.8, 4) is 0 Å². The van der Waals surface area contributed by atoms with Gasteiger partial charge in [-0.1, -0.05) is 23.2 Å². The third kappa shape index (κ3) is 2.69. The minimum Gasteiger partial charge on any atom is -0.371 e. The zero-order valence-corrected chi connectivity index (χ0v) is 15.5.